The summed E-state index contributed by atoms with van der Waals surface area (Å²) in [6.45, 7) is 0. The van der Waals surface area contributed by atoms with Crippen LogP contribution in [-0.4, -0.2) is 162 Å². The molecule has 49 heavy (non-hydrogen) atoms. The van der Waals surface area contributed by atoms with Gasteiger partial charge in [-0.05, 0) is 49.2 Å². The molecule has 0 N–H and O–H groups in total. The Kier molecular flexibility index (Phi) is 626. The minimum atomic E-state index is -2.33. The van der Waals surface area contributed by atoms with Crippen LogP contribution in [0.5, 0.6) is 0 Å². The van der Waals surface area contributed by atoms with Crippen LogP contribution < -0.4 is 119 Å². The van der Waals surface area contributed by atoms with Crippen molar-refractivity contribution in [3.8, 4) is 0 Å². The van der Waals surface area contributed by atoms with Crippen LogP contribution in [0.25, 0.3) is 0 Å². The summed E-state index contributed by atoms with van der Waals surface area (Å²) < 4.78 is 0. The summed E-state index contributed by atoms with van der Waals surface area (Å²) in [5.41, 5.74) is 0. The largest absolute Gasteiger partial charge is 3.00 e. The number of rotatable bonds is 0. The molecule has 0 amide bonds. The molecule has 0 saturated heterocycles. The predicted octanol–water partition coefficient (Wildman–Crippen LogP) is -44.7. The molecule has 0 aliphatic carbocycles. The van der Waals surface area contributed by atoms with Gasteiger partial charge in [-0.15, -0.1) is 0 Å². The molecule has 0 aromatic carbocycles. The van der Waals surface area contributed by atoms with Crippen molar-refractivity contribution in [3.05, 3.63) is 0 Å². The van der Waals surface area contributed by atoms with Crippen LogP contribution in [0.15, 0.2) is 0 Å². The van der Waals surface area contributed by atoms with Gasteiger partial charge in [0.2, 0.25) is 0 Å². The third kappa shape index (κ3) is 5340. The predicted molar refractivity (Wildman–Crippen MR) is 60.4 cm³/mol. The Hall–Kier alpha value is 5.09. The summed E-state index contributed by atoms with van der Waals surface area (Å²) in [7, 11) is 0. The molecule has 0 heterocycles. The Labute approximate surface area is 538 Å². The van der Waals surface area contributed by atoms with E-state index in [2.05, 4.69) is 0 Å². The molecule has 0 spiro atoms. The van der Waals surface area contributed by atoms with Crippen molar-refractivity contribution in [2.24, 2.45) is 0 Å². The maximum absolute atomic E-state index is 8.33. The van der Waals surface area contributed by atoms with Crippen LogP contribution in [0.2, 0.25) is 0 Å². The minimum Gasteiger partial charge on any atom is -1.00 e. The van der Waals surface area contributed by atoms with Crippen LogP contribution >= 0.6 is 0 Å². The van der Waals surface area contributed by atoms with Crippen molar-refractivity contribution in [1.82, 2.24) is 0 Å². The van der Waals surface area contributed by atoms with E-state index in [9.17, 15) is 0 Å². The smallest absolute Gasteiger partial charge is 1.00 e. The Morgan fingerprint density at radius 3 is 0.204 bits per heavy atom. The summed E-state index contributed by atoms with van der Waals surface area (Å²) in [6.07, 6.45) is -18.7. The topological polar surface area (TPSA) is 506 Å². The summed E-state index contributed by atoms with van der Waals surface area (Å²) in [5.74, 6) is 0. The van der Waals surface area contributed by atoms with E-state index in [1.54, 1.807) is 0 Å². The molecule has 0 unspecified atom stereocenters. The van der Waals surface area contributed by atoms with E-state index in [1.807, 2.05) is 0 Å². The summed E-state index contributed by atoms with van der Waals surface area (Å²) in [5, 5.41) is 133. The minimum absolute atomic E-state index is 0. The van der Waals surface area contributed by atoms with Crippen LogP contribution in [0.3, 0.4) is 0 Å². The molecule has 24 nitrogen and oxygen atoms in total. The first-order valence-electron chi connectivity index (χ1n) is 4.90. The Morgan fingerprint density at radius 2 is 0.204 bits per heavy atom. The van der Waals surface area contributed by atoms with Crippen molar-refractivity contribution in [2.75, 3.05) is 0 Å². The fourth-order valence-corrected chi connectivity index (χ4v) is 0. The van der Waals surface area contributed by atoms with Crippen molar-refractivity contribution >= 4 is 162 Å². The third-order valence-electron chi connectivity index (χ3n) is 0. The van der Waals surface area contributed by atoms with Crippen molar-refractivity contribution in [2.45, 2.75) is 0 Å². The van der Waals surface area contributed by atoms with E-state index in [-0.39, 0.29) is 383 Å². The molecular weight excluding hydrogens is 1590 g/mol. The Morgan fingerprint density at radius 1 is 0.204 bits per heavy atom. The standard InChI is InChI=1S/8CH2O3.3Ca.3Ce.8FH.3La/c8*2-1(3)4;;;;;;;;;;;;;;;;;/h8*(H2,2,3,4);;;;;;;8*1H;;;/q;;;;;;;;3*+2;3*+3;;;;;;;;;3*+3/p-24. The number of hydrogen-bond donors (Lipinski definition) is 0. The maximum Gasteiger partial charge on any atom is 3.00 e. The second kappa shape index (κ2) is 170. The van der Waals surface area contributed by atoms with Gasteiger partial charge in [-0.3, -0.25) is 0 Å². The van der Waals surface area contributed by atoms with E-state index in [0.29, 0.717) is 0 Å². The molecule has 0 aromatic heterocycles. The zero-order valence-electron chi connectivity index (χ0n) is 22.2. The molecule has 0 aliphatic heterocycles. The number of carbonyl (C=O) groups excluding carboxylic acids is 8. The van der Waals surface area contributed by atoms with E-state index >= 15 is 0 Å². The first-order chi connectivity index (χ1) is 13.9. The number of hydrogen-bond acceptors (Lipinski definition) is 24. The second-order valence-electron chi connectivity index (χ2n) is 2.00. The zero-order chi connectivity index (χ0) is 28.6. The Bertz CT molecular complexity index is 431. The van der Waals surface area contributed by atoms with Gasteiger partial charge in [0.25, 0.3) is 0 Å². The number of halogens is 8. The average molecular weight is 1590 g/mol. The summed E-state index contributed by atoms with van der Waals surface area (Å²) >= 11 is 0. The summed E-state index contributed by atoms with van der Waals surface area (Å²) in [4.78, 5) is 66.7. The average Bonchev–Trinajstić information content (AvgIpc) is 2.30. The fraction of sp³-hybridized carbons (Fsp3) is 0. The van der Waals surface area contributed by atoms with Crippen molar-refractivity contribution in [3.63, 3.8) is 0 Å². The third-order valence-corrected chi connectivity index (χ3v) is 0. The molecular formula is C8Ca3Ce3F8La3O24. The number of carbonyl (C=O) groups is 8. The van der Waals surface area contributed by atoms with Crippen molar-refractivity contribution in [1.29, 1.82) is 0 Å². The molecule has 0 saturated carbocycles. The summed E-state index contributed by atoms with van der Waals surface area (Å²) in [6, 6.07) is 0. The number of carboxylic acid groups (broad SMARTS) is 16. The van der Waals surface area contributed by atoms with Crippen LogP contribution in [0.1, 0.15) is 0 Å². The molecule has 0 fully saturated rings. The van der Waals surface area contributed by atoms with Gasteiger partial charge >= 0.3 is 345 Å². The van der Waals surface area contributed by atoms with Crippen molar-refractivity contribution < 1.29 is 390 Å². The molecule has 0 aliphatic rings. The quantitative estimate of drug-likeness (QED) is 0.160. The molecule has 0 bridgehead atoms. The van der Waals surface area contributed by atoms with Gasteiger partial charge in [-0.25, -0.2) is 0 Å². The van der Waals surface area contributed by atoms with Crippen LogP contribution in [0.4, 0.5) is 38.4 Å². The van der Waals surface area contributed by atoms with Gasteiger partial charge in [0, 0.05) is 0 Å². The van der Waals surface area contributed by atoms with Crippen LogP contribution in [-0.2, 0) is 0 Å². The van der Waals surface area contributed by atoms with Gasteiger partial charge < -0.3 is 158 Å². The second-order valence-corrected chi connectivity index (χ2v) is 2.00. The van der Waals surface area contributed by atoms with Crippen LogP contribution in [0, 0.1) is 232 Å². The van der Waals surface area contributed by atoms with Gasteiger partial charge in [0.05, 0.1) is 0 Å². The zero-order valence-corrected chi connectivity index (χ0v) is 49.1. The van der Waals surface area contributed by atoms with Gasteiger partial charge in [-0.2, -0.15) is 0 Å². The van der Waals surface area contributed by atoms with E-state index in [0.717, 1.165) is 0 Å². The molecule has 41 heteroatoms. The molecule has 3 radical (unpaired) electrons. The molecule has 0 rings (SSSR count). The molecule has 0 aromatic rings. The van der Waals surface area contributed by atoms with Gasteiger partial charge in [-0.1, -0.05) is 0 Å². The SMILES string of the molecule is O=C([O-])[O-].O=C([O-])[O-].O=C([O-])[O-].O=C([O-])[O-].O=C([O-])[O-].O=C([O-])[O-].O=C([O-])[O-].O=C([O-])[O-].[Ca+2].[Ca+2].[Ca+2].[Ce+3].[Ce+3].[Ce+3].[F-].[F-].[F-].[F-].[F-].[F-].[F-].[F-].[La+3].[La+3].[La+3]. The van der Waals surface area contributed by atoms with E-state index in [4.69, 9.17) is 120 Å². The molecule has 259 valence electrons. The molecule has 0 atom stereocenters. The van der Waals surface area contributed by atoms with E-state index in [1.165, 1.54) is 0 Å². The fourth-order valence-electron chi connectivity index (χ4n) is 0. The first kappa shape index (κ1) is 180. The van der Waals surface area contributed by atoms with Gasteiger partial charge in [0.15, 0.2) is 0 Å². The normalized spacial score (nSPS) is 3.92. The maximum atomic E-state index is 8.33. The van der Waals surface area contributed by atoms with E-state index < -0.39 is 49.2 Å². The first-order valence-corrected chi connectivity index (χ1v) is 4.90. The monoisotopic (exact) mass is 1590 g/mol. The Balaban J connectivity index is -0.00000000557. The van der Waals surface area contributed by atoms with Gasteiger partial charge in [0.1, 0.15) is 0 Å².